The van der Waals surface area contributed by atoms with Crippen molar-refractivity contribution in [1.82, 2.24) is 4.90 Å². The maximum atomic E-state index is 6.04. The van der Waals surface area contributed by atoms with E-state index in [1.165, 1.54) is 37.9 Å². The molecule has 17 heavy (non-hydrogen) atoms. The van der Waals surface area contributed by atoms with E-state index in [0.29, 0.717) is 5.41 Å². The van der Waals surface area contributed by atoms with Crippen LogP contribution in [0.3, 0.4) is 0 Å². The summed E-state index contributed by atoms with van der Waals surface area (Å²) in [6, 6.07) is 10.8. The average Bonchev–Trinajstić information content (AvgIpc) is 3.14. The summed E-state index contributed by atoms with van der Waals surface area (Å²) in [6.45, 7) is 4.41. The van der Waals surface area contributed by atoms with Gasteiger partial charge in [-0.25, -0.2) is 0 Å². The Labute approximate surface area is 104 Å². The first-order chi connectivity index (χ1) is 8.32. The molecule has 2 fully saturated rings. The molecule has 1 heterocycles. The Kier molecular flexibility index (Phi) is 2.93. The van der Waals surface area contributed by atoms with Crippen LogP contribution in [0.4, 0.5) is 0 Å². The monoisotopic (exact) mass is 230 g/mol. The molecule has 1 aliphatic heterocycles. The van der Waals surface area contributed by atoms with Crippen molar-refractivity contribution in [3.05, 3.63) is 35.9 Å². The van der Waals surface area contributed by atoms with Crippen molar-refractivity contribution in [3.8, 4) is 0 Å². The fourth-order valence-corrected chi connectivity index (χ4v) is 3.32. The van der Waals surface area contributed by atoms with Crippen LogP contribution in [0.5, 0.6) is 0 Å². The average molecular weight is 230 g/mol. The Balaban J connectivity index is 1.64. The van der Waals surface area contributed by atoms with Crippen molar-refractivity contribution < 1.29 is 0 Å². The lowest BCUT2D eigenvalue weighted by atomic mass is 9.82. The molecule has 1 unspecified atom stereocenters. The largest absolute Gasteiger partial charge is 0.330 e. The Morgan fingerprint density at radius 1 is 1.24 bits per heavy atom. The molecule has 92 valence electrons. The summed E-state index contributed by atoms with van der Waals surface area (Å²) in [7, 11) is 0. The number of hydrogen-bond donors (Lipinski definition) is 1. The van der Waals surface area contributed by atoms with E-state index in [1.807, 2.05) is 0 Å². The SMILES string of the molecule is NCC1(C2CC2)CCN(Cc2ccccc2)C1. The second kappa shape index (κ2) is 4.43. The molecule has 1 aromatic carbocycles. The number of rotatable bonds is 4. The lowest BCUT2D eigenvalue weighted by molar-refractivity contribution is 0.228. The molecule has 0 radical (unpaired) electrons. The molecule has 0 aromatic heterocycles. The quantitative estimate of drug-likeness (QED) is 0.859. The third-order valence-electron chi connectivity index (χ3n) is 4.56. The van der Waals surface area contributed by atoms with Gasteiger partial charge in [-0.1, -0.05) is 30.3 Å². The number of nitrogens with zero attached hydrogens (tertiary/aromatic N) is 1. The van der Waals surface area contributed by atoms with Crippen molar-refractivity contribution in [1.29, 1.82) is 0 Å². The van der Waals surface area contributed by atoms with Crippen LogP contribution in [0.25, 0.3) is 0 Å². The molecule has 0 amide bonds. The molecule has 1 saturated carbocycles. The lowest BCUT2D eigenvalue weighted by Crippen LogP contribution is -2.35. The van der Waals surface area contributed by atoms with Gasteiger partial charge < -0.3 is 5.73 Å². The summed E-state index contributed by atoms with van der Waals surface area (Å²) in [5, 5.41) is 0. The number of likely N-dealkylation sites (tertiary alicyclic amines) is 1. The minimum atomic E-state index is 0.453. The van der Waals surface area contributed by atoms with Crippen molar-refractivity contribution >= 4 is 0 Å². The highest BCUT2D eigenvalue weighted by Crippen LogP contribution is 2.50. The molecule has 2 nitrogen and oxygen atoms in total. The van der Waals surface area contributed by atoms with Crippen LogP contribution in [0, 0.1) is 11.3 Å². The standard InChI is InChI=1S/C15H22N2/c16-11-15(14-6-7-14)8-9-17(12-15)10-13-4-2-1-3-5-13/h1-5,14H,6-12,16H2. The third-order valence-corrected chi connectivity index (χ3v) is 4.56. The highest BCUT2D eigenvalue weighted by Gasteiger charge is 2.47. The molecule has 1 aromatic rings. The van der Waals surface area contributed by atoms with Crippen molar-refractivity contribution in [2.24, 2.45) is 17.1 Å². The van der Waals surface area contributed by atoms with Crippen LogP contribution in [-0.2, 0) is 6.54 Å². The van der Waals surface area contributed by atoms with E-state index in [2.05, 4.69) is 35.2 Å². The van der Waals surface area contributed by atoms with E-state index in [0.717, 1.165) is 19.0 Å². The van der Waals surface area contributed by atoms with Crippen molar-refractivity contribution in [2.75, 3.05) is 19.6 Å². The van der Waals surface area contributed by atoms with Crippen LogP contribution >= 0.6 is 0 Å². The highest BCUT2D eigenvalue weighted by atomic mass is 15.2. The Morgan fingerprint density at radius 3 is 2.65 bits per heavy atom. The summed E-state index contributed by atoms with van der Waals surface area (Å²) in [5.41, 5.74) is 7.92. The number of nitrogens with two attached hydrogens (primary N) is 1. The molecule has 1 aliphatic carbocycles. The Hall–Kier alpha value is -0.860. The Bertz CT molecular complexity index is 372. The summed E-state index contributed by atoms with van der Waals surface area (Å²) in [6.07, 6.45) is 4.13. The molecule has 3 rings (SSSR count). The fourth-order valence-electron chi connectivity index (χ4n) is 3.32. The Morgan fingerprint density at radius 2 is 2.00 bits per heavy atom. The van der Waals surface area contributed by atoms with Gasteiger partial charge in [0, 0.05) is 13.1 Å². The summed E-state index contributed by atoms with van der Waals surface area (Å²) >= 11 is 0. The maximum Gasteiger partial charge on any atom is 0.0233 e. The third kappa shape index (κ3) is 2.24. The summed E-state index contributed by atoms with van der Waals surface area (Å²) in [4.78, 5) is 2.58. The van der Waals surface area contributed by atoms with E-state index >= 15 is 0 Å². The zero-order chi connectivity index (χ0) is 11.7. The predicted octanol–water partition coefficient (Wildman–Crippen LogP) is 2.25. The van der Waals surface area contributed by atoms with E-state index in [-0.39, 0.29) is 0 Å². The summed E-state index contributed by atoms with van der Waals surface area (Å²) in [5.74, 6) is 0.924. The van der Waals surface area contributed by atoms with Gasteiger partial charge in [-0.05, 0) is 49.2 Å². The zero-order valence-corrected chi connectivity index (χ0v) is 10.4. The van der Waals surface area contributed by atoms with Gasteiger partial charge in [0.2, 0.25) is 0 Å². The molecular formula is C15H22N2. The zero-order valence-electron chi connectivity index (χ0n) is 10.4. The van der Waals surface area contributed by atoms with Crippen molar-refractivity contribution in [2.45, 2.75) is 25.8 Å². The molecule has 2 N–H and O–H groups in total. The molecule has 2 aliphatic rings. The first-order valence-corrected chi connectivity index (χ1v) is 6.79. The van der Waals surface area contributed by atoms with Gasteiger partial charge in [-0.2, -0.15) is 0 Å². The van der Waals surface area contributed by atoms with Crippen LogP contribution in [0.2, 0.25) is 0 Å². The minimum Gasteiger partial charge on any atom is -0.330 e. The van der Waals surface area contributed by atoms with E-state index < -0.39 is 0 Å². The van der Waals surface area contributed by atoms with Crippen LogP contribution in [0.15, 0.2) is 30.3 Å². The van der Waals surface area contributed by atoms with Gasteiger partial charge in [-0.15, -0.1) is 0 Å². The molecule has 0 spiro atoms. The van der Waals surface area contributed by atoms with Gasteiger partial charge >= 0.3 is 0 Å². The van der Waals surface area contributed by atoms with Crippen molar-refractivity contribution in [3.63, 3.8) is 0 Å². The molecule has 0 bridgehead atoms. The lowest BCUT2D eigenvalue weighted by Gasteiger charge is -2.27. The topological polar surface area (TPSA) is 29.3 Å². The number of benzene rings is 1. The smallest absolute Gasteiger partial charge is 0.0233 e. The van der Waals surface area contributed by atoms with Gasteiger partial charge in [0.1, 0.15) is 0 Å². The van der Waals surface area contributed by atoms with Gasteiger partial charge in [-0.3, -0.25) is 4.90 Å². The van der Waals surface area contributed by atoms with Gasteiger partial charge in [0.05, 0.1) is 0 Å². The first kappa shape index (κ1) is 11.2. The van der Waals surface area contributed by atoms with E-state index in [1.54, 1.807) is 0 Å². The molecule has 1 atom stereocenters. The van der Waals surface area contributed by atoms with E-state index in [9.17, 15) is 0 Å². The van der Waals surface area contributed by atoms with Crippen LogP contribution in [0.1, 0.15) is 24.8 Å². The molecule has 1 saturated heterocycles. The minimum absolute atomic E-state index is 0.453. The first-order valence-electron chi connectivity index (χ1n) is 6.79. The van der Waals surface area contributed by atoms with Crippen LogP contribution in [-0.4, -0.2) is 24.5 Å². The summed E-state index contributed by atoms with van der Waals surface area (Å²) < 4.78 is 0. The predicted molar refractivity (Wildman–Crippen MR) is 70.5 cm³/mol. The number of hydrogen-bond acceptors (Lipinski definition) is 2. The molecule has 2 heteroatoms. The van der Waals surface area contributed by atoms with Gasteiger partial charge in [0.25, 0.3) is 0 Å². The second-order valence-corrected chi connectivity index (χ2v) is 5.79. The van der Waals surface area contributed by atoms with Crippen LogP contribution < -0.4 is 5.73 Å². The van der Waals surface area contributed by atoms with Gasteiger partial charge in [0.15, 0.2) is 0 Å². The maximum absolute atomic E-state index is 6.04. The highest BCUT2D eigenvalue weighted by molar-refractivity contribution is 5.15. The van der Waals surface area contributed by atoms with E-state index in [4.69, 9.17) is 5.73 Å². The molecular weight excluding hydrogens is 208 g/mol. The normalized spacial score (nSPS) is 29.7. The fraction of sp³-hybridized carbons (Fsp3) is 0.600. The second-order valence-electron chi connectivity index (χ2n) is 5.79.